The Hall–Kier alpha value is -1.26. The van der Waals surface area contributed by atoms with Crippen LogP contribution in [0, 0.1) is 0 Å². The van der Waals surface area contributed by atoms with Crippen molar-refractivity contribution in [1.29, 1.82) is 0 Å². The quantitative estimate of drug-likeness (QED) is 0.878. The van der Waals surface area contributed by atoms with Gasteiger partial charge in [-0.05, 0) is 25.0 Å². The number of rotatable bonds is 4. The molecule has 0 saturated heterocycles. The Bertz CT molecular complexity index is 462. The molecule has 1 aliphatic rings. The molecular formula is C12H13N3S. The molecule has 82 valence electrons. The summed E-state index contributed by atoms with van der Waals surface area (Å²) in [5.74, 6) is 0. The number of hydrogen-bond acceptors (Lipinski definition) is 4. The summed E-state index contributed by atoms with van der Waals surface area (Å²) < 4.78 is 0. The lowest BCUT2D eigenvalue weighted by Gasteiger charge is -1.98. The van der Waals surface area contributed by atoms with Gasteiger partial charge in [-0.25, -0.2) is 9.97 Å². The van der Waals surface area contributed by atoms with Crippen molar-refractivity contribution in [1.82, 2.24) is 15.3 Å². The molecule has 1 saturated carbocycles. The molecule has 0 spiro atoms. The summed E-state index contributed by atoms with van der Waals surface area (Å²) in [5, 5.41) is 3.52. The van der Waals surface area contributed by atoms with Crippen molar-refractivity contribution in [3.8, 4) is 10.4 Å². The van der Waals surface area contributed by atoms with Crippen LogP contribution in [0.1, 0.15) is 17.7 Å². The van der Waals surface area contributed by atoms with Gasteiger partial charge in [0.2, 0.25) is 0 Å². The fourth-order valence-electron chi connectivity index (χ4n) is 1.59. The van der Waals surface area contributed by atoms with Crippen LogP contribution in [-0.2, 0) is 6.54 Å². The predicted octanol–water partition coefficient (Wildman–Crippen LogP) is 2.46. The minimum atomic E-state index is 0.769. The number of nitrogens with one attached hydrogen (secondary N) is 1. The summed E-state index contributed by atoms with van der Waals surface area (Å²) >= 11 is 1.81. The molecule has 1 fully saturated rings. The van der Waals surface area contributed by atoms with Crippen molar-refractivity contribution in [2.45, 2.75) is 25.4 Å². The molecule has 1 aliphatic carbocycles. The maximum Gasteiger partial charge on any atom is 0.115 e. The molecule has 16 heavy (non-hydrogen) atoms. The fourth-order valence-corrected chi connectivity index (χ4v) is 2.52. The van der Waals surface area contributed by atoms with Crippen molar-refractivity contribution in [2.24, 2.45) is 0 Å². The third-order valence-corrected chi connectivity index (χ3v) is 3.78. The molecule has 0 bridgehead atoms. The number of thiophene rings is 1. The topological polar surface area (TPSA) is 37.8 Å². The van der Waals surface area contributed by atoms with E-state index in [1.165, 1.54) is 22.6 Å². The molecule has 0 aromatic carbocycles. The first kappa shape index (κ1) is 9.93. The lowest BCUT2D eigenvalue weighted by molar-refractivity contribution is 0.695. The van der Waals surface area contributed by atoms with Gasteiger partial charge in [0.15, 0.2) is 0 Å². The summed E-state index contributed by atoms with van der Waals surface area (Å²) in [6, 6.07) is 5.10. The van der Waals surface area contributed by atoms with Gasteiger partial charge in [-0.2, -0.15) is 0 Å². The van der Waals surface area contributed by atoms with Crippen LogP contribution in [0.25, 0.3) is 10.4 Å². The zero-order valence-electron chi connectivity index (χ0n) is 8.89. The van der Waals surface area contributed by atoms with E-state index in [4.69, 9.17) is 0 Å². The van der Waals surface area contributed by atoms with Gasteiger partial charge in [-0.15, -0.1) is 11.3 Å². The van der Waals surface area contributed by atoms with E-state index in [0.717, 1.165) is 18.2 Å². The highest BCUT2D eigenvalue weighted by Crippen LogP contribution is 2.27. The molecule has 0 amide bonds. The third-order valence-electron chi connectivity index (χ3n) is 2.65. The first-order valence-corrected chi connectivity index (χ1v) is 6.31. The van der Waals surface area contributed by atoms with Gasteiger partial charge in [-0.1, -0.05) is 0 Å². The molecule has 2 aromatic rings. The van der Waals surface area contributed by atoms with Crippen molar-refractivity contribution in [3.63, 3.8) is 0 Å². The van der Waals surface area contributed by atoms with E-state index in [-0.39, 0.29) is 0 Å². The van der Waals surface area contributed by atoms with Crippen molar-refractivity contribution < 1.29 is 0 Å². The van der Waals surface area contributed by atoms with E-state index in [1.54, 1.807) is 6.33 Å². The minimum absolute atomic E-state index is 0.769. The second kappa shape index (κ2) is 4.31. The molecule has 3 nitrogen and oxygen atoms in total. The Kier molecular flexibility index (Phi) is 2.68. The molecule has 2 aromatic heterocycles. The Morgan fingerprint density at radius 3 is 2.81 bits per heavy atom. The van der Waals surface area contributed by atoms with Gasteiger partial charge in [0, 0.05) is 40.3 Å². The molecular weight excluding hydrogens is 218 g/mol. The monoisotopic (exact) mass is 231 g/mol. The van der Waals surface area contributed by atoms with Crippen LogP contribution in [0.4, 0.5) is 0 Å². The Balaban J connectivity index is 1.71. The lowest BCUT2D eigenvalue weighted by atomic mass is 10.3. The van der Waals surface area contributed by atoms with Crippen molar-refractivity contribution >= 4 is 11.3 Å². The SMILES string of the molecule is c1ncc(-c2ccc(CNC3CC3)s2)cn1. The normalized spacial score (nSPS) is 15.2. The predicted molar refractivity (Wildman–Crippen MR) is 65.2 cm³/mol. The highest BCUT2D eigenvalue weighted by atomic mass is 32.1. The van der Waals surface area contributed by atoms with E-state index < -0.39 is 0 Å². The first-order chi connectivity index (χ1) is 7.92. The average molecular weight is 231 g/mol. The summed E-state index contributed by atoms with van der Waals surface area (Å²) in [6.45, 7) is 0.989. The van der Waals surface area contributed by atoms with Gasteiger partial charge in [0.05, 0.1) is 0 Å². The molecule has 2 heterocycles. The van der Waals surface area contributed by atoms with Crippen LogP contribution in [0.5, 0.6) is 0 Å². The maximum absolute atomic E-state index is 4.03. The van der Waals surface area contributed by atoms with Crippen molar-refractivity contribution in [3.05, 3.63) is 35.7 Å². The molecule has 0 unspecified atom stereocenters. The van der Waals surface area contributed by atoms with Gasteiger partial charge >= 0.3 is 0 Å². The minimum Gasteiger partial charge on any atom is -0.309 e. The zero-order valence-corrected chi connectivity index (χ0v) is 9.70. The molecule has 0 radical (unpaired) electrons. The molecule has 3 rings (SSSR count). The van der Waals surface area contributed by atoms with Gasteiger partial charge in [0.25, 0.3) is 0 Å². The first-order valence-electron chi connectivity index (χ1n) is 5.49. The van der Waals surface area contributed by atoms with Gasteiger partial charge in [0.1, 0.15) is 6.33 Å². The van der Waals surface area contributed by atoms with Gasteiger partial charge in [-0.3, -0.25) is 0 Å². The zero-order chi connectivity index (χ0) is 10.8. The largest absolute Gasteiger partial charge is 0.309 e. The van der Waals surface area contributed by atoms with E-state index >= 15 is 0 Å². The molecule has 0 aliphatic heterocycles. The highest BCUT2D eigenvalue weighted by molar-refractivity contribution is 7.15. The molecule has 0 atom stereocenters. The highest BCUT2D eigenvalue weighted by Gasteiger charge is 2.20. The fraction of sp³-hybridized carbons (Fsp3) is 0.333. The summed E-state index contributed by atoms with van der Waals surface area (Å²) in [6.07, 6.45) is 7.95. The number of hydrogen-bond donors (Lipinski definition) is 1. The summed E-state index contributed by atoms with van der Waals surface area (Å²) in [4.78, 5) is 10.7. The maximum atomic E-state index is 4.03. The summed E-state index contributed by atoms with van der Waals surface area (Å²) in [7, 11) is 0. The smallest absolute Gasteiger partial charge is 0.115 e. The van der Waals surface area contributed by atoms with Crippen LogP contribution in [-0.4, -0.2) is 16.0 Å². The van der Waals surface area contributed by atoms with Crippen LogP contribution >= 0.6 is 11.3 Å². The van der Waals surface area contributed by atoms with Crippen LogP contribution in [0.2, 0.25) is 0 Å². The number of aromatic nitrogens is 2. The Morgan fingerprint density at radius 1 is 1.25 bits per heavy atom. The molecule has 1 N–H and O–H groups in total. The van der Waals surface area contributed by atoms with E-state index in [1.807, 2.05) is 23.7 Å². The summed E-state index contributed by atoms with van der Waals surface area (Å²) in [5.41, 5.74) is 1.10. The van der Waals surface area contributed by atoms with Crippen molar-refractivity contribution in [2.75, 3.05) is 0 Å². The van der Waals surface area contributed by atoms with Gasteiger partial charge < -0.3 is 5.32 Å². The van der Waals surface area contributed by atoms with E-state index in [2.05, 4.69) is 27.4 Å². The van der Waals surface area contributed by atoms with E-state index in [9.17, 15) is 0 Å². The van der Waals surface area contributed by atoms with Crippen LogP contribution < -0.4 is 5.32 Å². The number of nitrogens with zero attached hydrogens (tertiary/aromatic N) is 2. The second-order valence-electron chi connectivity index (χ2n) is 4.05. The molecule has 4 heteroatoms. The van der Waals surface area contributed by atoms with E-state index in [0.29, 0.717) is 0 Å². The standard InChI is InChI=1S/C12H13N3S/c1-2-10(1)15-7-11-3-4-12(16-11)9-5-13-8-14-6-9/h3-6,8,10,15H,1-2,7H2. The average Bonchev–Trinajstić information content (AvgIpc) is 3.05. The van der Waals surface area contributed by atoms with Crippen LogP contribution in [0.15, 0.2) is 30.9 Å². The second-order valence-corrected chi connectivity index (χ2v) is 5.22. The Morgan fingerprint density at radius 2 is 2.06 bits per heavy atom. The lowest BCUT2D eigenvalue weighted by Crippen LogP contribution is -2.14. The van der Waals surface area contributed by atoms with Crippen LogP contribution in [0.3, 0.4) is 0 Å². The Labute approximate surface area is 98.6 Å². The third kappa shape index (κ3) is 2.28.